The molecular formula is C22H24F3N7O4. The van der Waals surface area contributed by atoms with E-state index < -0.39 is 12.1 Å². The van der Waals surface area contributed by atoms with Gasteiger partial charge in [0.15, 0.2) is 0 Å². The van der Waals surface area contributed by atoms with Gasteiger partial charge < -0.3 is 20.1 Å². The van der Waals surface area contributed by atoms with Gasteiger partial charge in [0, 0.05) is 43.5 Å². The Kier molecular flexibility index (Phi) is 8.19. The summed E-state index contributed by atoms with van der Waals surface area (Å²) in [7, 11) is 0. The number of hydrogen-bond acceptors (Lipinski definition) is 8. The average Bonchev–Trinajstić information content (AvgIpc) is 3.17. The van der Waals surface area contributed by atoms with Gasteiger partial charge >= 0.3 is 12.1 Å². The number of morpholine rings is 1. The van der Waals surface area contributed by atoms with E-state index in [1.807, 2.05) is 32.0 Å². The summed E-state index contributed by atoms with van der Waals surface area (Å²) in [6.45, 7) is 8.29. The lowest BCUT2D eigenvalue weighted by atomic mass is 10.1. The van der Waals surface area contributed by atoms with Crippen LogP contribution in [0.3, 0.4) is 0 Å². The normalized spacial score (nSPS) is 13.6. The van der Waals surface area contributed by atoms with Gasteiger partial charge in [-0.15, -0.1) is 0 Å². The van der Waals surface area contributed by atoms with Gasteiger partial charge in [0.05, 0.1) is 24.6 Å². The molecule has 4 heterocycles. The smallest absolute Gasteiger partial charge is 0.475 e. The van der Waals surface area contributed by atoms with Crippen LogP contribution in [-0.4, -0.2) is 74.2 Å². The number of pyridine rings is 1. The minimum atomic E-state index is -5.08. The van der Waals surface area contributed by atoms with Crippen LogP contribution in [0.4, 0.5) is 24.8 Å². The summed E-state index contributed by atoms with van der Waals surface area (Å²) in [6.07, 6.45) is -3.32. The first-order chi connectivity index (χ1) is 16.9. The number of carbonyl (C=O) groups is 2. The van der Waals surface area contributed by atoms with Crippen molar-refractivity contribution >= 4 is 23.5 Å². The molecule has 36 heavy (non-hydrogen) atoms. The number of aryl methyl sites for hydroxylation is 2. The highest BCUT2D eigenvalue weighted by atomic mass is 19.4. The van der Waals surface area contributed by atoms with Crippen LogP contribution in [0.2, 0.25) is 0 Å². The number of ether oxygens (including phenoxy) is 1. The molecule has 0 saturated carbocycles. The number of nitrogens with one attached hydrogen (secondary N) is 1. The number of aromatic nitrogens is 5. The lowest BCUT2D eigenvalue weighted by Gasteiger charge is -2.28. The molecular weight excluding hydrogens is 483 g/mol. The molecule has 1 saturated heterocycles. The SMILES string of the molecule is CC(=O)Nc1cc(-c2ccnc(N3CCOCC3)c2)nc(-n2nc(C)cc2C)n1.O=C(O)C(F)(F)F. The molecule has 11 nitrogen and oxygen atoms in total. The summed E-state index contributed by atoms with van der Waals surface area (Å²) in [6, 6.07) is 7.61. The number of halogens is 3. The molecule has 1 fully saturated rings. The second-order valence-corrected chi connectivity index (χ2v) is 7.76. The zero-order valence-corrected chi connectivity index (χ0v) is 19.7. The zero-order chi connectivity index (χ0) is 26.5. The first-order valence-corrected chi connectivity index (χ1v) is 10.7. The molecule has 14 heteroatoms. The molecule has 1 aliphatic heterocycles. The number of anilines is 2. The van der Waals surface area contributed by atoms with Crippen LogP contribution in [-0.2, 0) is 14.3 Å². The Hall–Kier alpha value is -4.07. The standard InChI is InChI=1S/C20H23N7O2.C2HF3O2/c1-13-10-14(2)27(25-13)20-23-17(12-18(24-20)22-15(3)28)16-4-5-21-19(11-16)26-6-8-29-9-7-26;3-2(4,5)1(6)7/h4-5,10-12H,6-9H2,1-3H3,(H,22,23,24,28);(H,6,7). The van der Waals surface area contributed by atoms with Crippen LogP contribution >= 0.6 is 0 Å². The largest absolute Gasteiger partial charge is 0.490 e. The average molecular weight is 507 g/mol. The summed E-state index contributed by atoms with van der Waals surface area (Å²) < 4.78 is 38.8. The summed E-state index contributed by atoms with van der Waals surface area (Å²) in [5.74, 6) is -1.25. The Morgan fingerprint density at radius 3 is 2.33 bits per heavy atom. The molecule has 0 atom stereocenters. The van der Waals surface area contributed by atoms with Gasteiger partial charge in [0.2, 0.25) is 5.91 Å². The monoisotopic (exact) mass is 507 g/mol. The Labute approximate surface area is 203 Å². The molecule has 2 N–H and O–H groups in total. The molecule has 3 aromatic heterocycles. The van der Waals surface area contributed by atoms with Crippen LogP contribution in [0.1, 0.15) is 18.3 Å². The van der Waals surface area contributed by atoms with Gasteiger partial charge in [-0.05, 0) is 32.0 Å². The highest BCUT2D eigenvalue weighted by Crippen LogP contribution is 2.25. The van der Waals surface area contributed by atoms with Gasteiger partial charge in [-0.25, -0.2) is 19.4 Å². The third-order valence-electron chi connectivity index (χ3n) is 4.84. The van der Waals surface area contributed by atoms with Crippen molar-refractivity contribution in [3.8, 4) is 17.2 Å². The lowest BCUT2D eigenvalue weighted by molar-refractivity contribution is -0.192. The number of rotatable bonds is 4. The predicted octanol–water partition coefficient (Wildman–Crippen LogP) is 2.77. The Morgan fingerprint density at radius 2 is 1.78 bits per heavy atom. The molecule has 1 aliphatic rings. The third kappa shape index (κ3) is 6.97. The second kappa shape index (κ2) is 11.1. The van der Waals surface area contributed by atoms with Crippen molar-refractivity contribution in [2.24, 2.45) is 0 Å². The fourth-order valence-electron chi connectivity index (χ4n) is 3.30. The Balaban J connectivity index is 0.000000454. The summed E-state index contributed by atoms with van der Waals surface area (Å²) in [4.78, 5) is 36.4. The first kappa shape index (κ1) is 26.5. The number of amides is 1. The second-order valence-electron chi connectivity index (χ2n) is 7.76. The van der Waals surface area contributed by atoms with Gasteiger partial charge in [0.25, 0.3) is 5.95 Å². The van der Waals surface area contributed by atoms with E-state index in [0.29, 0.717) is 30.7 Å². The first-order valence-electron chi connectivity index (χ1n) is 10.7. The highest BCUT2D eigenvalue weighted by Gasteiger charge is 2.38. The molecule has 0 radical (unpaired) electrons. The van der Waals surface area contributed by atoms with Crippen molar-refractivity contribution in [1.29, 1.82) is 0 Å². The van der Waals surface area contributed by atoms with Gasteiger partial charge in [-0.2, -0.15) is 23.3 Å². The van der Waals surface area contributed by atoms with Crippen molar-refractivity contribution in [2.45, 2.75) is 26.9 Å². The van der Waals surface area contributed by atoms with Crippen LogP contribution in [0, 0.1) is 13.8 Å². The van der Waals surface area contributed by atoms with Crippen molar-refractivity contribution in [1.82, 2.24) is 24.7 Å². The quantitative estimate of drug-likeness (QED) is 0.546. The maximum atomic E-state index is 11.6. The van der Waals surface area contributed by atoms with Crippen molar-refractivity contribution < 1.29 is 32.6 Å². The van der Waals surface area contributed by atoms with E-state index in [0.717, 1.165) is 35.9 Å². The van der Waals surface area contributed by atoms with E-state index in [2.05, 4.69) is 25.3 Å². The van der Waals surface area contributed by atoms with Crippen LogP contribution in [0.5, 0.6) is 0 Å². The maximum absolute atomic E-state index is 11.6. The maximum Gasteiger partial charge on any atom is 0.490 e. The number of carboxylic acids is 1. The van der Waals surface area contributed by atoms with Crippen LogP contribution in [0.15, 0.2) is 30.5 Å². The Morgan fingerprint density at radius 1 is 1.11 bits per heavy atom. The van der Waals surface area contributed by atoms with Crippen LogP contribution < -0.4 is 10.2 Å². The molecule has 0 aromatic carbocycles. The van der Waals surface area contributed by atoms with Gasteiger partial charge in [-0.1, -0.05) is 0 Å². The van der Waals surface area contributed by atoms with E-state index in [9.17, 15) is 18.0 Å². The van der Waals surface area contributed by atoms with E-state index in [1.54, 1.807) is 16.9 Å². The van der Waals surface area contributed by atoms with Crippen molar-refractivity contribution in [3.63, 3.8) is 0 Å². The van der Waals surface area contributed by atoms with E-state index >= 15 is 0 Å². The molecule has 0 aliphatic carbocycles. The summed E-state index contributed by atoms with van der Waals surface area (Å²) >= 11 is 0. The number of aliphatic carboxylic acids is 1. The topological polar surface area (TPSA) is 135 Å². The van der Waals surface area contributed by atoms with Crippen LogP contribution in [0.25, 0.3) is 17.2 Å². The molecule has 4 rings (SSSR count). The van der Waals surface area contributed by atoms with Gasteiger partial charge in [0.1, 0.15) is 11.6 Å². The fraction of sp³-hybridized carbons (Fsp3) is 0.364. The van der Waals surface area contributed by atoms with Crippen molar-refractivity contribution in [3.05, 3.63) is 41.9 Å². The summed E-state index contributed by atoms with van der Waals surface area (Å²) in [5.41, 5.74) is 3.36. The number of carboxylic acid groups (broad SMARTS) is 1. The predicted molar refractivity (Wildman–Crippen MR) is 123 cm³/mol. The molecule has 0 spiro atoms. The third-order valence-corrected chi connectivity index (χ3v) is 4.84. The number of alkyl halides is 3. The number of hydrogen-bond donors (Lipinski definition) is 2. The minimum absolute atomic E-state index is 0.197. The van der Waals surface area contributed by atoms with E-state index in [4.69, 9.17) is 19.6 Å². The summed E-state index contributed by atoms with van der Waals surface area (Å²) in [5, 5.41) is 14.4. The molecule has 0 unspecified atom stereocenters. The van der Waals surface area contributed by atoms with Crippen molar-refractivity contribution in [2.75, 3.05) is 36.5 Å². The zero-order valence-electron chi connectivity index (χ0n) is 19.7. The number of carbonyl (C=O) groups excluding carboxylic acids is 1. The minimum Gasteiger partial charge on any atom is -0.475 e. The highest BCUT2D eigenvalue weighted by molar-refractivity contribution is 5.88. The fourth-order valence-corrected chi connectivity index (χ4v) is 3.30. The molecule has 0 bridgehead atoms. The lowest BCUT2D eigenvalue weighted by Crippen LogP contribution is -2.36. The Bertz CT molecular complexity index is 1240. The molecule has 1 amide bonds. The molecule has 3 aromatic rings. The van der Waals surface area contributed by atoms with E-state index in [-0.39, 0.29) is 5.91 Å². The molecule has 192 valence electrons. The van der Waals surface area contributed by atoms with E-state index in [1.165, 1.54) is 6.92 Å². The van der Waals surface area contributed by atoms with Gasteiger partial charge in [-0.3, -0.25) is 4.79 Å². The number of nitrogens with zero attached hydrogens (tertiary/aromatic N) is 6.